The number of rotatable bonds is 2. The first-order valence-corrected chi connectivity index (χ1v) is 6.60. The Kier molecular flexibility index (Phi) is 3.90. The maximum Gasteiger partial charge on any atom is 0.494 e. The fourth-order valence-corrected chi connectivity index (χ4v) is 2.08. The van der Waals surface area contributed by atoms with Gasteiger partial charge in [0.1, 0.15) is 5.82 Å². The van der Waals surface area contributed by atoms with E-state index in [0.29, 0.717) is 6.07 Å². The van der Waals surface area contributed by atoms with Crippen LogP contribution in [0.3, 0.4) is 0 Å². The second-order valence-corrected chi connectivity index (χ2v) is 6.18. The highest BCUT2D eigenvalue weighted by atomic mass is 19.4. The average molecular weight is 318 g/mol. The van der Waals surface area contributed by atoms with Crippen molar-refractivity contribution in [3.8, 4) is 0 Å². The van der Waals surface area contributed by atoms with Crippen molar-refractivity contribution in [1.29, 1.82) is 0 Å². The van der Waals surface area contributed by atoms with Gasteiger partial charge in [-0.3, -0.25) is 4.79 Å². The van der Waals surface area contributed by atoms with Crippen LogP contribution >= 0.6 is 0 Å². The van der Waals surface area contributed by atoms with E-state index in [1.165, 1.54) is 0 Å². The second kappa shape index (κ2) is 5.06. The molecular weight excluding hydrogens is 303 g/mol. The average Bonchev–Trinajstić information content (AvgIpc) is 2.57. The maximum absolute atomic E-state index is 13.7. The fraction of sp³-hybridized carbons (Fsp3) is 0.500. The lowest BCUT2D eigenvalue weighted by molar-refractivity contribution is -0.139. The molecular formula is C14H15BF4O3. The van der Waals surface area contributed by atoms with E-state index in [1.54, 1.807) is 27.7 Å². The van der Waals surface area contributed by atoms with Crippen LogP contribution in [-0.4, -0.2) is 24.6 Å². The van der Waals surface area contributed by atoms with Gasteiger partial charge >= 0.3 is 13.3 Å². The van der Waals surface area contributed by atoms with Gasteiger partial charge in [-0.25, -0.2) is 4.39 Å². The Morgan fingerprint density at radius 3 is 2.00 bits per heavy atom. The minimum absolute atomic E-state index is 0.0410. The molecule has 0 aliphatic carbocycles. The lowest BCUT2D eigenvalue weighted by atomic mass is 9.77. The molecule has 0 N–H and O–H groups in total. The summed E-state index contributed by atoms with van der Waals surface area (Å²) in [4.78, 5) is 10.8. The van der Waals surface area contributed by atoms with Crippen molar-refractivity contribution in [2.45, 2.75) is 45.1 Å². The van der Waals surface area contributed by atoms with Gasteiger partial charge in [-0.15, -0.1) is 0 Å². The van der Waals surface area contributed by atoms with Crippen molar-refractivity contribution in [3.63, 3.8) is 0 Å². The van der Waals surface area contributed by atoms with Gasteiger partial charge in [0.05, 0.1) is 22.3 Å². The number of benzene rings is 1. The van der Waals surface area contributed by atoms with Gasteiger partial charge in [0.15, 0.2) is 6.29 Å². The Morgan fingerprint density at radius 2 is 1.59 bits per heavy atom. The van der Waals surface area contributed by atoms with Crippen LogP contribution in [0.1, 0.15) is 43.6 Å². The molecule has 0 bridgehead atoms. The van der Waals surface area contributed by atoms with E-state index in [9.17, 15) is 22.4 Å². The van der Waals surface area contributed by atoms with Crippen LogP contribution in [0.4, 0.5) is 17.6 Å². The van der Waals surface area contributed by atoms with E-state index in [2.05, 4.69) is 0 Å². The Bertz CT molecular complexity index is 595. The number of halogens is 4. The molecule has 1 aromatic carbocycles. The predicted octanol–water partition coefficient (Wildman–Crippen LogP) is 2.96. The molecule has 1 fully saturated rings. The molecule has 0 spiro atoms. The van der Waals surface area contributed by atoms with Crippen molar-refractivity contribution in [2.24, 2.45) is 0 Å². The summed E-state index contributed by atoms with van der Waals surface area (Å²) in [6.07, 6.45) is -4.87. The Balaban J connectivity index is 2.52. The van der Waals surface area contributed by atoms with Crippen molar-refractivity contribution in [1.82, 2.24) is 0 Å². The van der Waals surface area contributed by atoms with Crippen LogP contribution in [0.5, 0.6) is 0 Å². The standard InChI is InChI=1S/C14H15BF4O3/c1-12(2)13(3,4)22-15(21-12)9-5-8(7-20)11(16)10(6-9)14(17,18)19/h5-7H,1-4H3. The molecule has 1 aliphatic rings. The zero-order valence-corrected chi connectivity index (χ0v) is 12.5. The van der Waals surface area contributed by atoms with Crippen LogP contribution in [0.2, 0.25) is 0 Å². The fourth-order valence-electron chi connectivity index (χ4n) is 2.08. The summed E-state index contributed by atoms with van der Waals surface area (Å²) in [6, 6.07) is 1.63. The summed E-state index contributed by atoms with van der Waals surface area (Å²) in [5.41, 5.74) is -3.76. The van der Waals surface area contributed by atoms with Gasteiger partial charge in [-0.2, -0.15) is 13.2 Å². The van der Waals surface area contributed by atoms with Crippen LogP contribution in [0, 0.1) is 5.82 Å². The second-order valence-electron chi connectivity index (χ2n) is 6.18. The van der Waals surface area contributed by atoms with Crippen LogP contribution in [-0.2, 0) is 15.5 Å². The van der Waals surface area contributed by atoms with Crippen LogP contribution < -0.4 is 5.46 Å². The van der Waals surface area contributed by atoms with Gasteiger partial charge in [-0.05, 0) is 45.3 Å². The minimum atomic E-state index is -4.92. The van der Waals surface area contributed by atoms with Gasteiger partial charge < -0.3 is 9.31 Å². The number of carbonyl (C=O) groups is 1. The summed E-state index contributed by atoms with van der Waals surface area (Å²) in [5, 5.41) is 0. The SMILES string of the molecule is CC1(C)OB(c2cc(C=O)c(F)c(C(F)(F)F)c2)OC1(C)C. The molecule has 0 aromatic heterocycles. The molecule has 0 radical (unpaired) electrons. The molecule has 8 heteroatoms. The first kappa shape index (κ1) is 17.0. The molecule has 1 aromatic rings. The normalized spacial score (nSPS) is 20.3. The lowest BCUT2D eigenvalue weighted by Gasteiger charge is -2.32. The first-order chi connectivity index (χ1) is 9.89. The third-order valence-electron chi connectivity index (χ3n) is 4.08. The highest BCUT2D eigenvalue weighted by Gasteiger charge is 2.52. The predicted molar refractivity (Wildman–Crippen MR) is 72.5 cm³/mol. The summed E-state index contributed by atoms with van der Waals surface area (Å²) < 4.78 is 63.7. The molecule has 1 heterocycles. The Morgan fingerprint density at radius 1 is 1.09 bits per heavy atom. The third kappa shape index (κ3) is 2.77. The molecule has 0 unspecified atom stereocenters. The van der Waals surface area contributed by atoms with Crippen molar-refractivity contribution in [3.05, 3.63) is 29.1 Å². The van der Waals surface area contributed by atoms with Gasteiger partial charge in [0.25, 0.3) is 0 Å². The number of alkyl halides is 3. The van der Waals surface area contributed by atoms with Crippen LogP contribution in [0.15, 0.2) is 12.1 Å². The van der Waals surface area contributed by atoms with Crippen molar-refractivity contribution >= 4 is 18.9 Å². The minimum Gasteiger partial charge on any atom is -0.399 e. The quantitative estimate of drug-likeness (QED) is 0.478. The largest absolute Gasteiger partial charge is 0.494 e. The summed E-state index contributed by atoms with van der Waals surface area (Å²) in [7, 11) is -1.11. The van der Waals surface area contributed by atoms with E-state index in [-0.39, 0.29) is 11.7 Å². The van der Waals surface area contributed by atoms with E-state index >= 15 is 0 Å². The van der Waals surface area contributed by atoms with E-state index in [1.807, 2.05) is 0 Å². The molecule has 1 saturated heterocycles. The van der Waals surface area contributed by atoms with E-state index in [0.717, 1.165) is 6.07 Å². The van der Waals surface area contributed by atoms with Gasteiger partial charge in [0, 0.05) is 0 Å². The summed E-state index contributed by atoms with van der Waals surface area (Å²) in [5.74, 6) is -1.59. The Hall–Kier alpha value is -1.41. The topological polar surface area (TPSA) is 35.5 Å². The van der Waals surface area contributed by atoms with Gasteiger partial charge in [0.2, 0.25) is 0 Å². The van der Waals surface area contributed by atoms with Crippen molar-refractivity contribution in [2.75, 3.05) is 0 Å². The molecule has 0 amide bonds. The molecule has 120 valence electrons. The highest BCUT2D eigenvalue weighted by molar-refractivity contribution is 6.62. The molecule has 3 nitrogen and oxygen atoms in total. The molecule has 1 aliphatic heterocycles. The van der Waals surface area contributed by atoms with Crippen molar-refractivity contribution < 1.29 is 31.7 Å². The number of hydrogen-bond acceptors (Lipinski definition) is 3. The zero-order chi connectivity index (χ0) is 16.9. The molecule has 0 saturated carbocycles. The maximum atomic E-state index is 13.7. The lowest BCUT2D eigenvalue weighted by Crippen LogP contribution is -2.41. The first-order valence-electron chi connectivity index (χ1n) is 6.60. The third-order valence-corrected chi connectivity index (χ3v) is 4.08. The van der Waals surface area contributed by atoms with Crippen LogP contribution in [0.25, 0.3) is 0 Å². The molecule has 22 heavy (non-hydrogen) atoms. The van der Waals surface area contributed by atoms with E-state index in [4.69, 9.17) is 9.31 Å². The number of aldehydes is 1. The molecule has 0 atom stereocenters. The summed E-state index contributed by atoms with van der Waals surface area (Å²) >= 11 is 0. The number of hydrogen-bond donors (Lipinski definition) is 0. The van der Waals surface area contributed by atoms with Gasteiger partial charge in [-0.1, -0.05) is 0 Å². The summed E-state index contributed by atoms with van der Waals surface area (Å²) in [6.45, 7) is 6.95. The zero-order valence-electron chi connectivity index (χ0n) is 12.5. The monoisotopic (exact) mass is 318 g/mol. The smallest absolute Gasteiger partial charge is 0.399 e. The number of carbonyl (C=O) groups excluding carboxylic acids is 1. The molecule has 2 rings (SSSR count). The van der Waals surface area contributed by atoms with E-state index < -0.39 is 41.4 Å². The highest BCUT2D eigenvalue weighted by Crippen LogP contribution is 2.37. The Labute approximate surface area is 125 Å².